The van der Waals surface area contributed by atoms with E-state index in [4.69, 9.17) is 4.74 Å². The van der Waals surface area contributed by atoms with E-state index < -0.39 is 17.3 Å². The minimum atomic E-state index is -4.46. The number of hydrogen-bond donors (Lipinski definition) is 1. The zero-order valence-corrected chi connectivity index (χ0v) is 14.9. The number of pyridine rings is 1. The van der Waals surface area contributed by atoms with E-state index in [1.807, 2.05) is 0 Å². The maximum absolute atomic E-state index is 12.5. The van der Waals surface area contributed by atoms with Gasteiger partial charge in [-0.1, -0.05) is 19.3 Å². The van der Waals surface area contributed by atoms with Gasteiger partial charge in [-0.2, -0.15) is 18.4 Å². The van der Waals surface area contributed by atoms with Crippen LogP contribution in [-0.2, 0) is 6.18 Å². The van der Waals surface area contributed by atoms with Crippen molar-refractivity contribution in [2.24, 2.45) is 0 Å². The number of amides is 1. The molecule has 1 saturated carbocycles. The van der Waals surface area contributed by atoms with Gasteiger partial charge in [0.2, 0.25) is 5.88 Å². The molecule has 1 aliphatic rings. The summed E-state index contributed by atoms with van der Waals surface area (Å²) in [6.07, 6.45) is 0.374. The van der Waals surface area contributed by atoms with E-state index in [1.165, 1.54) is 24.3 Å². The first-order chi connectivity index (χ1) is 13.3. The molecule has 0 unspecified atom stereocenters. The van der Waals surface area contributed by atoms with Gasteiger partial charge in [-0.25, -0.2) is 4.98 Å². The molecule has 0 radical (unpaired) electrons. The molecule has 8 heteroatoms. The highest BCUT2D eigenvalue weighted by Gasteiger charge is 2.34. The lowest BCUT2D eigenvalue weighted by atomic mass is 9.82. The van der Waals surface area contributed by atoms with Crippen molar-refractivity contribution in [3.05, 3.63) is 53.7 Å². The predicted octanol–water partition coefficient (Wildman–Crippen LogP) is 4.85. The molecule has 3 rings (SSSR count). The van der Waals surface area contributed by atoms with Crippen molar-refractivity contribution in [3.8, 4) is 17.7 Å². The summed E-state index contributed by atoms with van der Waals surface area (Å²) in [5.41, 5.74) is -1.32. The number of carbonyl (C=O) groups excluding carboxylic acids is 1. The van der Waals surface area contributed by atoms with E-state index in [9.17, 15) is 23.2 Å². The Hall–Kier alpha value is -3.08. The van der Waals surface area contributed by atoms with Gasteiger partial charge in [0.05, 0.1) is 11.6 Å². The smallest absolute Gasteiger partial charge is 0.417 e. The normalized spacial score (nSPS) is 16.1. The quantitative estimate of drug-likeness (QED) is 0.811. The highest BCUT2D eigenvalue weighted by atomic mass is 19.4. The number of nitrogens with zero attached hydrogens (tertiary/aromatic N) is 2. The lowest BCUT2D eigenvalue weighted by Gasteiger charge is -2.31. The number of hydrogen-bond acceptors (Lipinski definition) is 4. The molecule has 1 aromatic carbocycles. The maximum atomic E-state index is 12.5. The summed E-state index contributed by atoms with van der Waals surface area (Å²) in [6, 6.07) is 10.3. The number of nitriles is 1. The van der Waals surface area contributed by atoms with Crippen LogP contribution < -0.4 is 10.1 Å². The number of alkyl halides is 3. The van der Waals surface area contributed by atoms with Crippen LogP contribution in [0.4, 0.5) is 13.2 Å². The monoisotopic (exact) mass is 389 g/mol. The van der Waals surface area contributed by atoms with Crippen LogP contribution in [0.15, 0.2) is 42.6 Å². The zero-order chi connectivity index (χ0) is 20.2. The predicted molar refractivity (Wildman–Crippen MR) is 94.7 cm³/mol. The van der Waals surface area contributed by atoms with E-state index in [0.717, 1.165) is 31.4 Å². The van der Waals surface area contributed by atoms with Gasteiger partial charge in [0.1, 0.15) is 11.3 Å². The molecule has 28 heavy (non-hydrogen) atoms. The van der Waals surface area contributed by atoms with Gasteiger partial charge < -0.3 is 10.1 Å². The fourth-order valence-corrected chi connectivity index (χ4v) is 3.11. The Morgan fingerprint density at radius 2 is 1.79 bits per heavy atom. The van der Waals surface area contributed by atoms with E-state index in [2.05, 4.69) is 16.4 Å². The largest absolute Gasteiger partial charge is 0.439 e. The summed E-state index contributed by atoms with van der Waals surface area (Å²) in [4.78, 5) is 16.1. The molecule has 1 heterocycles. The van der Waals surface area contributed by atoms with E-state index >= 15 is 0 Å². The molecule has 1 N–H and O–H groups in total. The second kappa shape index (κ2) is 7.89. The highest BCUT2D eigenvalue weighted by Crippen LogP contribution is 2.30. The second-order valence-corrected chi connectivity index (χ2v) is 6.72. The number of rotatable bonds is 4. The zero-order valence-electron chi connectivity index (χ0n) is 14.9. The SMILES string of the molecule is N#CC1(NC(=O)c2ccc(Oc3ccc(C(F)(F)F)cn3)cc2)CCCCC1. The first-order valence-electron chi connectivity index (χ1n) is 8.86. The Morgan fingerprint density at radius 3 is 2.32 bits per heavy atom. The van der Waals surface area contributed by atoms with Crippen LogP contribution in [0.2, 0.25) is 0 Å². The van der Waals surface area contributed by atoms with Crippen molar-refractivity contribution < 1.29 is 22.7 Å². The third-order valence-electron chi connectivity index (χ3n) is 4.68. The van der Waals surface area contributed by atoms with Crippen LogP contribution in [0.1, 0.15) is 48.0 Å². The fraction of sp³-hybridized carbons (Fsp3) is 0.350. The number of aromatic nitrogens is 1. The molecule has 2 aromatic rings. The van der Waals surface area contributed by atoms with Crippen molar-refractivity contribution >= 4 is 5.91 Å². The number of benzene rings is 1. The maximum Gasteiger partial charge on any atom is 0.417 e. The summed E-state index contributed by atoms with van der Waals surface area (Å²) in [5.74, 6) is -0.00466. The molecule has 0 spiro atoms. The van der Waals surface area contributed by atoms with Crippen LogP contribution >= 0.6 is 0 Å². The van der Waals surface area contributed by atoms with Crippen LogP contribution in [-0.4, -0.2) is 16.4 Å². The Bertz CT molecular complexity index is 866. The van der Waals surface area contributed by atoms with Gasteiger partial charge in [-0.3, -0.25) is 4.79 Å². The standard InChI is InChI=1S/C20H18F3N3O2/c21-20(22,23)15-6-9-17(25-12-15)28-16-7-4-14(5-8-16)18(27)26-19(13-24)10-2-1-3-11-19/h4-9,12H,1-3,10-11H2,(H,26,27). The molecule has 0 aliphatic heterocycles. The Balaban J connectivity index is 1.64. The number of carbonyl (C=O) groups is 1. The van der Waals surface area contributed by atoms with Gasteiger partial charge in [0.25, 0.3) is 5.91 Å². The first-order valence-corrected chi connectivity index (χ1v) is 8.86. The molecule has 146 valence electrons. The van der Waals surface area contributed by atoms with E-state index in [0.29, 0.717) is 30.4 Å². The number of nitrogens with one attached hydrogen (secondary N) is 1. The minimum absolute atomic E-state index is 0.0100. The van der Waals surface area contributed by atoms with Crippen LogP contribution in [0.5, 0.6) is 11.6 Å². The molecule has 1 aliphatic carbocycles. The lowest BCUT2D eigenvalue weighted by molar-refractivity contribution is -0.137. The van der Waals surface area contributed by atoms with Crippen LogP contribution in [0, 0.1) is 11.3 Å². The van der Waals surface area contributed by atoms with Crippen molar-refractivity contribution in [1.82, 2.24) is 10.3 Å². The molecule has 1 amide bonds. The molecular formula is C20H18F3N3O2. The molecule has 5 nitrogen and oxygen atoms in total. The van der Waals surface area contributed by atoms with Crippen LogP contribution in [0.3, 0.4) is 0 Å². The summed E-state index contributed by atoms with van der Waals surface area (Å²) >= 11 is 0. The van der Waals surface area contributed by atoms with Crippen molar-refractivity contribution in [3.63, 3.8) is 0 Å². The average Bonchev–Trinajstić information content (AvgIpc) is 2.69. The summed E-state index contributed by atoms with van der Waals surface area (Å²) < 4.78 is 43.1. The Kier molecular flexibility index (Phi) is 5.54. The fourth-order valence-electron chi connectivity index (χ4n) is 3.11. The first kappa shape index (κ1) is 19.7. The average molecular weight is 389 g/mol. The molecule has 1 aromatic heterocycles. The van der Waals surface area contributed by atoms with Crippen molar-refractivity contribution in [2.75, 3.05) is 0 Å². The number of ether oxygens (including phenoxy) is 1. The minimum Gasteiger partial charge on any atom is -0.439 e. The number of halogens is 3. The van der Waals surface area contributed by atoms with Gasteiger partial charge in [-0.05, 0) is 43.2 Å². The summed E-state index contributed by atoms with van der Waals surface area (Å²) in [6.45, 7) is 0. The van der Waals surface area contributed by atoms with Gasteiger partial charge in [0, 0.05) is 17.8 Å². The second-order valence-electron chi connectivity index (χ2n) is 6.72. The van der Waals surface area contributed by atoms with E-state index in [-0.39, 0.29) is 11.8 Å². The van der Waals surface area contributed by atoms with Crippen molar-refractivity contribution in [2.45, 2.75) is 43.8 Å². The Labute approximate surface area is 160 Å². The topological polar surface area (TPSA) is 75.0 Å². The molecule has 0 saturated heterocycles. The third-order valence-corrected chi connectivity index (χ3v) is 4.68. The van der Waals surface area contributed by atoms with Crippen molar-refractivity contribution in [1.29, 1.82) is 5.26 Å². The molecular weight excluding hydrogens is 371 g/mol. The summed E-state index contributed by atoms with van der Waals surface area (Å²) in [7, 11) is 0. The molecule has 1 fully saturated rings. The summed E-state index contributed by atoms with van der Waals surface area (Å²) in [5, 5.41) is 12.3. The lowest BCUT2D eigenvalue weighted by Crippen LogP contribution is -2.48. The third kappa shape index (κ3) is 4.60. The van der Waals surface area contributed by atoms with Crippen LogP contribution in [0.25, 0.3) is 0 Å². The van der Waals surface area contributed by atoms with Gasteiger partial charge in [0.15, 0.2) is 0 Å². The highest BCUT2D eigenvalue weighted by molar-refractivity contribution is 5.95. The van der Waals surface area contributed by atoms with Gasteiger partial charge >= 0.3 is 6.18 Å². The molecule has 0 bridgehead atoms. The van der Waals surface area contributed by atoms with E-state index in [1.54, 1.807) is 0 Å². The Morgan fingerprint density at radius 1 is 1.11 bits per heavy atom. The molecule has 0 atom stereocenters. The van der Waals surface area contributed by atoms with Gasteiger partial charge in [-0.15, -0.1) is 0 Å².